The molecule has 0 aromatic rings. The molecule has 0 saturated carbocycles. The fourth-order valence-corrected chi connectivity index (χ4v) is 2.93. The Hall–Kier alpha value is 0. The number of hydrogen-bond acceptors (Lipinski definition) is 0. The van der Waals surface area contributed by atoms with Crippen LogP contribution in [0.2, 0.25) is 0 Å². The highest BCUT2D eigenvalue weighted by Gasteiger charge is 2.05. The molecule has 2 atom stereocenters. The Bertz CT molecular complexity index is 161. The normalized spacial score (nSPS) is 14.5. The SMILES string of the molecule is CCCCCCCCC(C)CCCC(C)CCCC. The van der Waals surface area contributed by atoms with Crippen LogP contribution in [0.4, 0.5) is 0 Å². The fraction of sp³-hybridized carbons (Fsp3) is 1.00. The summed E-state index contributed by atoms with van der Waals surface area (Å²) in [5.41, 5.74) is 0. The minimum absolute atomic E-state index is 0.959. The van der Waals surface area contributed by atoms with Crippen LogP contribution < -0.4 is 0 Å². The van der Waals surface area contributed by atoms with Gasteiger partial charge in [0.1, 0.15) is 0 Å². The van der Waals surface area contributed by atoms with Gasteiger partial charge in [0.25, 0.3) is 0 Å². The summed E-state index contributed by atoms with van der Waals surface area (Å²) in [6.45, 7) is 9.50. The van der Waals surface area contributed by atoms with Gasteiger partial charge in [0.15, 0.2) is 0 Å². The number of hydrogen-bond donors (Lipinski definition) is 0. The molecule has 0 N–H and O–H groups in total. The summed E-state index contributed by atoms with van der Waals surface area (Å²) in [5, 5.41) is 0. The van der Waals surface area contributed by atoms with Crippen molar-refractivity contribution in [3.63, 3.8) is 0 Å². The molecule has 0 amide bonds. The van der Waals surface area contributed by atoms with Crippen LogP contribution in [0.25, 0.3) is 0 Å². The van der Waals surface area contributed by atoms with Crippen molar-refractivity contribution < 1.29 is 0 Å². The highest BCUT2D eigenvalue weighted by Crippen LogP contribution is 2.20. The first-order chi connectivity index (χ1) is 9.20. The van der Waals surface area contributed by atoms with E-state index in [1.807, 2.05) is 0 Å². The zero-order valence-electron chi connectivity index (χ0n) is 14.3. The third-order valence-corrected chi connectivity index (χ3v) is 4.49. The third-order valence-electron chi connectivity index (χ3n) is 4.49. The molecule has 0 bridgehead atoms. The molecule has 116 valence electrons. The summed E-state index contributed by atoms with van der Waals surface area (Å²) < 4.78 is 0. The molecule has 0 nitrogen and oxygen atoms in total. The first-order valence-corrected chi connectivity index (χ1v) is 9.20. The summed E-state index contributed by atoms with van der Waals surface area (Å²) in [6, 6.07) is 0. The highest BCUT2D eigenvalue weighted by molar-refractivity contribution is 4.58. The Morgan fingerprint density at radius 3 is 1.47 bits per heavy atom. The van der Waals surface area contributed by atoms with Crippen molar-refractivity contribution >= 4 is 0 Å². The summed E-state index contributed by atoms with van der Waals surface area (Å²) in [4.78, 5) is 0. The Labute approximate surface area is 123 Å². The maximum Gasteiger partial charge on any atom is -0.0443 e. The highest BCUT2D eigenvalue weighted by atomic mass is 14.1. The predicted molar refractivity (Wildman–Crippen MR) is 89.7 cm³/mol. The van der Waals surface area contributed by atoms with Crippen molar-refractivity contribution in [1.29, 1.82) is 0 Å². The summed E-state index contributed by atoms with van der Waals surface area (Å²) in [6.07, 6.45) is 18.7. The van der Waals surface area contributed by atoms with Gasteiger partial charge in [-0.25, -0.2) is 0 Å². The maximum absolute atomic E-state index is 2.46. The molecular formula is C19H40. The van der Waals surface area contributed by atoms with Gasteiger partial charge in [-0.15, -0.1) is 0 Å². The van der Waals surface area contributed by atoms with Crippen molar-refractivity contribution in [2.45, 2.75) is 111 Å². The molecule has 0 heterocycles. The maximum atomic E-state index is 2.46. The second-order valence-electron chi connectivity index (χ2n) is 6.84. The van der Waals surface area contributed by atoms with Gasteiger partial charge in [-0.05, 0) is 11.8 Å². The van der Waals surface area contributed by atoms with Gasteiger partial charge in [-0.3, -0.25) is 0 Å². The van der Waals surface area contributed by atoms with Crippen LogP contribution in [0.1, 0.15) is 111 Å². The minimum Gasteiger partial charge on any atom is -0.0654 e. The van der Waals surface area contributed by atoms with Gasteiger partial charge in [0.2, 0.25) is 0 Å². The van der Waals surface area contributed by atoms with Crippen LogP contribution in [-0.4, -0.2) is 0 Å². The Kier molecular flexibility index (Phi) is 14.4. The van der Waals surface area contributed by atoms with E-state index < -0.39 is 0 Å². The molecule has 0 aromatic heterocycles. The molecule has 0 heteroatoms. The van der Waals surface area contributed by atoms with Crippen LogP contribution in [0.15, 0.2) is 0 Å². The van der Waals surface area contributed by atoms with E-state index in [4.69, 9.17) is 0 Å². The molecule has 0 rings (SSSR count). The molecule has 0 fully saturated rings. The molecule has 0 aliphatic carbocycles. The van der Waals surface area contributed by atoms with Crippen LogP contribution in [-0.2, 0) is 0 Å². The smallest absolute Gasteiger partial charge is 0.0443 e. The van der Waals surface area contributed by atoms with Crippen molar-refractivity contribution in [2.24, 2.45) is 11.8 Å². The zero-order valence-corrected chi connectivity index (χ0v) is 14.3. The van der Waals surface area contributed by atoms with E-state index in [0.717, 1.165) is 11.8 Å². The van der Waals surface area contributed by atoms with Gasteiger partial charge < -0.3 is 0 Å². The minimum atomic E-state index is 0.959. The average molecular weight is 269 g/mol. The molecule has 0 aliphatic rings. The summed E-state index contributed by atoms with van der Waals surface area (Å²) >= 11 is 0. The lowest BCUT2D eigenvalue weighted by Gasteiger charge is -2.14. The quantitative estimate of drug-likeness (QED) is 0.288. The Morgan fingerprint density at radius 2 is 0.895 bits per heavy atom. The van der Waals surface area contributed by atoms with Gasteiger partial charge in [0, 0.05) is 0 Å². The lowest BCUT2D eigenvalue weighted by molar-refractivity contribution is 0.394. The Balaban J connectivity index is 3.27. The average Bonchev–Trinajstić information content (AvgIpc) is 2.40. The van der Waals surface area contributed by atoms with Crippen LogP contribution in [0.5, 0.6) is 0 Å². The first kappa shape index (κ1) is 19.0. The van der Waals surface area contributed by atoms with Crippen LogP contribution >= 0.6 is 0 Å². The number of rotatable bonds is 14. The van der Waals surface area contributed by atoms with Crippen LogP contribution in [0, 0.1) is 11.8 Å². The van der Waals surface area contributed by atoms with Gasteiger partial charge >= 0.3 is 0 Å². The van der Waals surface area contributed by atoms with E-state index in [0.29, 0.717) is 0 Å². The van der Waals surface area contributed by atoms with Crippen molar-refractivity contribution in [3.05, 3.63) is 0 Å². The second kappa shape index (κ2) is 14.4. The topological polar surface area (TPSA) is 0 Å². The first-order valence-electron chi connectivity index (χ1n) is 9.20. The third kappa shape index (κ3) is 14.2. The Morgan fingerprint density at radius 1 is 0.474 bits per heavy atom. The van der Waals surface area contributed by atoms with Crippen LogP contribution in [0.3, 0.4) is 0 Å². The van der Waals surface area contributed by atoms with Gasteiger partial charge in [-0.1, -0.05) is 111 Å². The van der Waals surface area contributed by atoms with E-state index in [9.17, 15) is 0 Å². The standard InChI is InChI=1S/C19H40/c1-5-7-9-10-11-12-15-19(4)17-13-16-18(3)14-8-6-2/h18-19H,5-17H2,1-4H3. The second-order valence-corrected chi connectivity index (χ2v) is 6.84. The monoisotopic (exact) mass is 268 g/mol. The largest absolute Gasteiger partial charge is 0.0654 e. The van der Waals surface area contributed by atoms with Crippen molar-refractivity contribution in [2.75, 3.05) is 0 Å². The molecule has 0 aromatic carbocycles. The fourth-order valence-electron chi connectivity index (χ4n) is 2.93. The van der Waals surface area contributed by atoms with E-state index in [-0.39, 0.29) is 0 Å². The molecule has 2 unspecified atom stereocenters. The van der Waals surface area contributed by atoms with Gasteiger partial charge in [-0.2, -0.15) is 0 Å². The number of unbranched alkanes of at least 4 members (excludes halogenated alkanes) is 6. The molecular weight excluding hydrogens is 228 g/mol. The van der Waals surface area contributed by atoms with E-state index in [2.05, 4.69) is 27.7 Å². The zero-order chi connectivity index (χ0) is 14.3. The van der Waals surface area contributed by atoms with Crippen molar-refractivity contribution in [3.8, 4) is 0 Å². The summed E-state index contributed by atoms with van der Waals surface area (Å²) in [7, 11) is 0. The predicted octanol–water partition coefficient (Wildman–Crippen LogP) is 7.37. The van der Waals surface area contributed by atoms with Gasteiger partial charge in [0.05, 0.1) is 0 Å². The molecule has 0 spiro atoms. The molecule has 0 aliphatic heterocycles. The molecule has 19 heavy (non-hydrogen) atoms. The van der Waals surface area contributed by atoms with E-state index in [1.165, 1.54) is 83.5 Å². The van der Waals surface area contributed by atoms with E-state index in [1.54, 1.807) is 0 Å². The molecule has 0 radical (unpaired) electrons. The summed E-state index contributed by atoms with van der Waals surface area (Å²) in [5.74, 6) is 1.92. The molecule has 0 saturated heterocycles. The van der Waals surface area contributed by atoms with E-state index >= 15 is 0 Å². The lowest BCUT2D eigenvalue weighted by atomic mass is 9.92. The van der Waals surface area contributed by atoms with Crippen molar-refractivity contribution in [1.82, 2.24) is 0 Å². The lowest BCUT2D eigenvalue weighted by Crippen LogP contribution is -1.99.